The summed E-state index contributed by atoms with van der Waals surface area (Å²) in [5, 5.41) is 9.02. The van der Waals surface area contributed by atoms with Crippen LogP contribution in [0.3, 0.4) is 0 Å². The lowest BCUT2D eigenvalue weighted by Gasteiger charge is -2.08. The Kier molecular flexibility index (Phi) is 3.50. The summed E-state index contributed by atoms with van der Waals surface area (Å²) in [5.74, 6) is 0.218. The third-order valence-electron chi connectivity index (χ3n) is 3.62. The third kappa shape index (κ3) is 2.82. The molecule has 1 aliphatic carbocycles. The molecule has 0 aliphatic heterocycles. The van der Waals surface area contributed by atoms with E-state index in [1.54, 1.807) is 12.1 Å². The molecule has 0 amide bonds. The highest BCUT2D eigenvalue weighted by atomic mass is 32.2. The Morgan fingerprint density at radius 1 is 1.05 bits per heavy atom. The van der Waals surface area contributed by atoms with E-state index in [1.165, 1.54) is 12.1 Å². The number of benzene rings is 2. The summed E-state index contributed by atoms with van der Waals surface area (Å²) in [5.41, 5.74) is 1.31. The van der Waals surface area contributed by atoms with Crippen LogP contribution < -0.4 is 4.72 Å². The second-order valence-electron chi connectivity index (χ2n) is 5.09. The van der Waals surface area contributed by atoms with Crippen LogP contribution in [-0.2, 0) is 10.0 Å². The van der Waals surface area contributed by atoms with Crippen molar-refractivity contribution in [2.45, 2.75) is 23.3 Å². The number of hydrogen-bond acceptors (Lipinski definition) is 3. The van der Waals surface area contributed by atoms with E-state index in [4.69, 9.17) is 5.26 Å². The van der Waals surface area contributed by atoms with Crippen LogP contribution in [0.2, 0.25) is 0 Å². The number of hydrogen-bond donors (Lipinski definition) is 1. The SMILES string of the molecule is N#Cc1ccccc1S(=O)(=O)NC1CC1c1ccccc1. The maximum absolute atomic E-state index is 12.4. The molecular weight excluding hydrogens is 284 g/mol. The summed E-state index contributed by atoms with van der Waals surface area (Å²) in [6, 6.07) is 17.9. The summed E-state index contributed by atoms with van der Waals surface area (Å²) in [6.45, 7) is 0. The molecule has 0 aromatic heterocycles. The van der Waals surface area contributed by atoms with Crippen molar-refractivity contribution in [1.29, 1.82) is 5.26 Å². The fourth-order valence-electron chi connectivity index (χ4n) is 2.45. The molecule has 106 valence electrons. The number of sulfonamides is 1. The Bertz CT molecular complexity index is 795. The van der Waals surface area contributed by atoms with Crippen LogP contribution in [0.5, 0.6) is 0 Å². The Hall–Kier alpha value is -2.16. The molecule has 21 heavy (non-hydrogen) atoms. The lowest BCUT2D eigenvalue weighted by atomic mass is 10.1. The Morgan fingerprint density at radius 3 is 2.43 bits per heavy atom. The van der Waals surface area contributed by atoms with Gasteiger partial charge in [0.05, 0.1) is 10.5 Å². The van der Waals surface area contributed by atoms with Crippen molar-refractivity contribution in [2.75, 3.05) is 0 Å². The number of nitrogens with one attached hydrogen (secondary N) is 1. The zero-order valence-electron chi connectivity index (χ0n) is 11.2. The monoisotopic (exact) mass is 298 g/mol. The highest BCUT2D eigenvalue weighted by Gasteiger charge is 2.41. The smallest absolute Gasteiger partial charge is 0.207 e. The maximum Gasteiger partial charge on any atom is 0.242 e. The van der Waals surface area contributed by atoms with Crippen LogP contribution in [0.4, 0.5) is 0 Å². The first-order valence-electron chi connectivity index (χ1n) is 6.68. The first-order valence-corrected chi connectivity index (χ1v) is 8.16. The quantitative estimate of drug-likeness (QED) is 0.942. The van der Waals surface area contributed by atoms with Crippen molar-refractivity contribution in [1.82, 2.24) is 4.72 Å². The fourth-order valence-corrected chi connectivity index (χ4v) is 3.90. The van der Waals surface area contributed by atoms with Gasteiger partial charge in [-0.2, -0.15) is 5.26 Å². The Balaban J connectivity index is 1.79. The predicted molar refractivity (Wildman–Crippen MR) is 79.1 cm³/mol. The molecule has 0 spiro atoms. The van der Waals surface area contributed by atoms with Crippen molar-refractivity contribution in [3.05, 3.63) is 65.7 Å². The van der Waals surface area contributed by atoms with Gasteiger partial charge in [0, 0.05) is 12.0 Å². The summed E-state index contributed by atoms with van der Waals surface area (Å²) >= 11 is 0. The molecule has 0 saturated heterocycles. The minimum atomic E-state index is -3.65. The van der Waals surface area contributed by atoms with Crippen LogP contribution in [0.25, 0.3) is 0 Å². The first kappa shape index (κ1) is 13.8. The molecule has 1 N–H and O–H groups in total. The van der Waals surface area contributed by atoms with Gasteiger partial charge in [-0.1, -0.05) is 42.5 Å². The highest BCUT2D eigenvalue weighted by molar-refractivity contribution is 7.89. The fraction of sp³-hybridized carbons (Fsp3) is 0.188. The van der Waals surface area contributed by atoms with Gasteiger partial charge >= 0.3 is 0 Å². The third-order valence-corrected chi connectivity index (χ3v) is 5.17. The van der Waals surface area contributed by atoms with E-state index < -0.39 is 10.0 Å². The molecule has 1 saturated carbocycles. The number of rotatable bonds is 4. The van der Waals surface area contributed by atoms with Crippen molar-refractivity contribution in [2.24, 2.45) is 0 Å². The molecule has 4 nitrogen and oxygen atoms in total. The van der Waals surface area contributed by atoms with Crippen LogP contribution in [0, 0.1) is 11.3 Å². The molecule has 2 atom stereocenters. The van der Waals surface area contributed by atoms with Gasteiger partial charge < -0.3 is 0 Å². The topological polar surface area (TPSA) is 70.0 Å². The van der Waals surface area contributed by atoms with Gasteiger partial charge in [0.2, 0.25) is 10.0 Å². The lowest BCUT2D eigenvalue weighted by molar-refractivity contribution is 0.579. The minimum Gasteiger partial charge on any atom is -0.207 e. The number of nitriles is 1. The Morgan fingerprint density at radius 2 is 1.71 bits per heavy atom. The molecular formula is C16H14N2O2S. The van der Waals surface area contributed by atoms with Gasteiger partial charge in [0.1, 0.15) is 6.07 Å². The maximum atomic E-state index is 12.4. The molecule has 2 unspecified atom stereocenters. The average molecular weight is 298 g/mol. The Labute approximate surface area is 124 Å². The molecule has 3 rings (SSSR count). The zero-order valence-corrected chi connectivity index (χ0v) is 12.0. The lowest BCUT2D eigenvalue weighted by Crippen LogP contribution is -2.27. The molecule has 1 aliphatic rings. The van der Waals surface area contributed by atoms with Gasteiger partial charge in [0.15, 0.2) is 0 Å². The van der Waals surface area contributed by atoms with Gasteiger partial charge in [-0.25, -0.2) is 13.1 Å². The van der Waals surface area contributed by atoms with Crippen molar-refractivity contribution < 1.29 is 8.42 Å². The van der Waals surface area contributed by atoms with Crippen molar-refractivity contribution >= 4 is 10.0 Å². The van der Waals surface area contributed by atoms with E-state index in [9.17, 15) is 8.42 Å². The predicted octanol–water partition coefficient (Wildman–Crippen LogP) is 2.39. The largest absolute Gasteiger partial charge is 0.242 e. The van der Waals surface area contributed by atoms with Crippen molar-refractivity contribution in [3.8, 4) is 6.07 Å². The zero-order chi connectivity index (χ0) is 14.9. The van der Waals surface area contributed by atoms with Crippen LogP contribution in [-0.4, -0.2) is 14.5 Å². The second kappa shape index (κ2) is 5.32. The van der Waals surface area contributed by atoms with E-state index >= 15 is 0 Å². The molecule has 1 fully saturated rings. The van der Waals surface area contributed by atoms with E-state index in [2.05, 4.69) is 4.72 Å². The average Bonchev–Trinajstić information content (AvgIpc) is 3.26. The normalized spacial score (nSPS) is 20.7. The van der Waals surface area contributed by atoms with E-state index in [0.717, 1.165) is 12.0 Å². The summed E-state index contributed by atoms with van der Waals surface area (Å²) in [7, 11) is -3.65. The second-order valence-corrected chi connectivity index (χ2v) is 6.77. The summed E-state index contributed by atoms with van der Waals surface area (Å²) < 4.78 is 27.4. The van der Waals surface area contributed by atoms with Crippen molar-refractivity contribution in [3.63, 3.8) is 0 Å². The number of nitrogens with zero attached hydrogens (tertiary/aromatic N) is 1. The molecule has 5 heteroatoms. The van der Waals surface area contributed by atoms with Crippen LogP contribution >= 0.6 is 0 Å². The van der Waals surface area contributed by atoms with Gasteiger partial charge in [0.25, 0.3) is 0 Å². The molecule has 0 bridgehead atoms. The van der Waals surface area contributed by atoms with Gasteiger partial charge in [-0.15, -0.1) is 0 Å². The standard InChI is InChI=1S/C16H14N2O2S/c17-11-13-8-4-5-9-16(13)21(19,20)18-15-10-14(15)12-6-2-1-3-7-12/h1-9,14-15,18H,10H2. The first-order chi connectivity index (χ1) is 10.1. The highest BCUT2D eigenvalue weighted by Crippen LogP contribution is 2.41. The summed E-state index contributed by atoms with van der Waals surface area (Å²) in [4.78, 5) is 0.0474. The van der Waals surface area contributed by atoms with E-state index in [-0.39, 0.29) is 22.4 Å². The minimum absolute atomic E-state index is 0.0474. The van der Waals surface area contributed by atoms with E-state index in [1.807, 2.05) is 36.4 Å². The molecule has 2 aromatic carbocycles. The molecule has 0 heterocycles. The summed E-state index contributed by atoms with van der Waals surface area (Å²) in [6.07, 6.45) is 0.790. The van der Waals surface area contributed by atoms with Crippen LogP contribution in [0.1, 0.15) is 23.5 Å². The molecule has 0 radical (unpaired) electrons. The van der Waals surface area contributed by atoms with Gasteiger partial charge in [-0.05, 0) is 24.1 Å². The van der Waals surface area contributed by atoms with Gasteiger partial charge in [-0.3, -0.25) is 0 Å². The van der Waals surface area contributed by atoms with E-state index in [0.29, 0.717) is 0 Å². The van der Waals surface area contributed by atoms with Crippen LogP contribution in [0.15, 0.2) is 59.5 Å². The molecule has 2 aromatic rings.